The first kappa shape index (κ1) is 19.3. The van der Waals surface area contributed by atoms with E-state index in [0.717, 1.165) is 26.6 Å². The number of carbonyl (C=O) groups excluding carboxylic acids is 1. The molecular formula is C20H25N4O2S+. The summed E-state index contributed by atoms with van der Waals surface area (Å²) in [6.45, 7) is 8.38. The van der Waals surface area contributed by atoms with Crippen molar-refractivity contribution in [3.63, 3.8) is 0 Å². The third kappa shape index (κ3) is 4.43. The molecule has 6 nitrogen and oxygen atoms in total. The van der Waals surface area contributed by atoms with Gasteiger partial charge in [-0.25, -0.2) is 0 Å². The SMILES string of the molecule is Cc1cc(C)c(NC(=O)C[NH+](C)[C@H](C)c2nnc(-c3cccs3)o2)c(C)c1. The molecule has 0 fully saturated rings. The van der Waals surface area contributed by atoms with Crippen LogP contribution in [0.4, 0.5) is 5.69 Å². The molecule has 27 heavy (non-hydrogen) atoms. The van der Waals surface area contributed by atoms with Gasteiger partial charge in [-0.05, 0) is 50.3 Å². The van der Waals surface area contributed by atoms with Crippen LogP contribution in [-0.4, -0.2) is 29.7 Å². The zero-order chi connectivity index (χ0) is 19.6. The Morgan fingerprint density at radius 1 is 1.26 bits per heavy atom. The second-order valence-electron chi connectivity index (χ2n) is 6.99. The van der Waals surface area contributed by atoms with Gasteiger partial charge >= 0.3 is 0 Å². The lowest BCUT2D eigenvalue weighted by molar-refractivity contribution is -0.903. The summed E-state index contributed by atoms with van der Waals surface area (Å²) >= 11 is 1.56. The van der Waals surface area contributed by atoms with Crippen LogP contribution in [0.1, 0.15) is 35.5 Å². The zero-order valence-electron chi connectivity index (χ0n) is 16.3. The Bertz CT molecular complexity index is 910. The number of hydrogen-bond acceptors (Lipinski definition) is 5. The number of aryl methyl sites for hydroxylation is 3. The van der Waals surface area contributed by atoms with Crippen LogP contribution in [-0.2, 0) is 4.79 Å². The number of nitrogens with zero attached hydrogens (tertiary/aromatic N) is 2. The molecule has 0 saturated heterocycles. The number of aromatic nitrogens is 2. The van der Waals surface area contributed by atoms with Crippen molar-refractivity contribution in [1.29, 1.82) is 0 Å². The van der Waals surface area contributed by atoms with Crippen molar-refractivity contribution in [2.24, 2.45) is 0 Å². The zero-order valence-corrected chi connectivity index (χ0v) is 17.1. The van der Waals surface area contributed by atoms with Crippen molar-refractivity contribution < 1.29 is 14.1 Å². The maximum absolute atomic E-state index is 12.5. The lowest BCUT2D eigenvalue weighted by Crippen LogP contribution is -3.10. The summed E-state index contributed by atoms with van der Waals surface area (Å²) in [5, 5.41) is 13.3. The van der Waals surface area contributed by atoms with Crippen molar-refractivity contribution in [3.8, 4) is 10.8 Å². The van der Waals surface area contributed by atoms with Crippen LogP contribution in [0.5, 0.6) is 0 Å². The number of amides is 1. The summed E-state index contributed by atoms with van der Waals surface area (Å²) in [6, 6.07) is 7.96. The summed E-state index contributed by atoms with van der Waals surface area (Å²) in [6.07, 6.45) is 0. The first-order valence-corrected chi connectivity index (χ1v) is 9.80. The minimum absolute atomic E-state index is 0.0348. The molecule has 0 aliphatic rings. The van der Waals surface area contributed by atoms with Crippen LogP contribution in [0.3, 0.4) is 0 Å². The van der Waals surface area contributed by atoms with Gasteiger partial charge in [0.15, 0.2) is 12.6 Å². The van der Waals surface area contributed by atoms with E-state index in [1.807, 2.05) is 45.3 Å². The maximum Gasteiger partial charge on any atom is 0.279 e. The lowest BCUT2D eigenvalue weighted by atomic mass is 10.1. The number of rotatable bonds is 6. The Labute approximate surface area is 163 Å². The molecule has 7 heteroatoms. The molecule has 2 heterocycles. The highest BCUT2D eigenvalue weighted by molar-refractivity contribution is 7.13. The summed E-state index contributed by atoms with van der Waals surface area (Å²) < 4.78 is 5.80. The molecule has 3 aromatic rings. The molecule has 0 bridgehead atoms. The highest BCUT2D eigenvalue weighted by atomic mass is 32.1. The van der Waals surface area contributed by atoms with Crippen LogP contribution >= 0.6 is 11.3 Å². The molecule has 0 saturated carbocycles. The number of thiophene rings is 1. The number of nitrogens with one attached hydrogen (secondary N) is 2. The van der Waals surface area contributed by atoms with E-state index in [4.69, 9.17) is 4.42 Å². The predicted molar refractivity (Wildman–Crippen MR) is 107 cm³/mol. The summed E-state index contributed by atoms with van der Waals surface area (Å²) in [5.74, 6) is 1.02. The number of hydrogen-bond donors (Lipinski definition) is 2. The van der Waals surface area contributed by atoms with E-state index >= 15 is 0 Å². The quantitative estimate of drug-likeness (QED) is 0.684. The van der Waals surface area contributed by atoms with Crippen LogP contribution in [0, 0.1) is 20.8 Å². The second kappa shape index (κ2) is 8.02. The molecule has 1 aromatic carbocycles. The van der Waals surface area contributed by atoms with Gasteiger partial charge in [0, 0.05) is 5.69 Å². The van der Waals surface area contributed by atoms with Gasteiger partial charge in [0.2, 0.25) is 0 Å². The van der Waals surface area contributed by atoms with E-state index in [1.54, 1.807) is 11.3 Å². The molecular weight excluding hydrogens is 360 g/mol. The Morgan fingerprint density at radius 2 is 1.96 bits per heavy atom. The van der Waals surface area contributed by atoms with Crippen molar-refractivity contribution in [1.82, 2.24) is 10.2 Å². The third-order valence-corrected chi connectivity index (χ3v) is 5.52. The first-order valence-electron chi connectivity index (χ1n) is 8.92. The third-order valence-electron chi connectivity index (χ3n) is 4.66. The molecule has 1 unspecified atom stereocenters. The smallest absolute Gasteiger partial charge is 0.279 e. The topological polar surface area (TPSA) is 72.5 Å². The standard InChI is InChI=1S/C20H24N4O2S/c1-12-9-13(2)18(14(3)10-12)21-17(25)11-24(5)15(4)19-22-23-20(26-19)16-7-6-8-27-16/h6-10,15H,11H2,1-5H3,(H,21,25)/p+1/t15-/m1/s1. The number of benzene rings is 1. The predicted octanol–water partition coefficient (Wildman–Crippen LogP) is 2.94. The van der Waals surface area contributed by atoms with Crippen LogP contribution < -0.4 is 10.2 Å². The lowest BCUT2D eigenvalue weighted by Gasteiger charge is -2.19. The van der Waals surface area contributed by atoms with Gasteiger partial charge < -0.3 is 14.6 Å². The number of likely N-dealkylation sites (N-methyl/N-ethyl adjacent to an activating group) is 1. The average molecular weight is 386 g/mol. The highest BCUT2D eigenvalue weighted by Gasteiger charge is 2.25. The molecule has 1 amide bonds. The summed E-state index contributed by atoms with van der Waals surface area (Å²) in [5.41, 5.74) is 4.23. The van der Waals surface area contributed by atoms with Crippen molar-refractivity contribution in [2.75, 3.05) is 18.9 Å². The van der Waals surface area contributed by atoms with Gasteiger partial charge in [-0.2, -0.15) is 0 Å². The normalized spacial score (nSPS) is 13.4. The molecule has 0 spiro atoms. The molecule has 0 aliphatic heterocycles. The van der Waals surface area contributed by atoms with Crippen molar-refractivity contribution in [2.45, 2.75) is 33.7 Å². The Morgan fingerprint density at radius 3 is 2.59 bits per heavy atom. The highest BCUT2D eigenvalue weighted by Crippen LogP contribution is 2.24. The molecule has 0 aliphatic carbocycles. The monoisotopic (exact) mass is 385 g/mol. The maximum atomic E-state index is 12.5. The fourth-order valence-corrected chi connectivity index (χ4v) is 3.73. The molecule has 0 radical (unpaired) electrons. The van der Waals surface area contributed by atoms with Crippen LogP contribution in [0.25, 0.3) is 10.8 Å². The largest absolute Gasteiger partial charge is 0.414 e. The number of carbonyl (C=O) groups is 1. The fraction of sp³-hybridized carbons (Fsp3) is 0.350. The van der Waals surface area contributed by atoms with Gasteiger partial charge in [-0.3, -0.25) is 4.79 Å². The fourth-order valence-electron chi connectivity index (χ4n) is 3.09. The van der Waals surface area contributed by atoms with Crippen LogP contribution in [0.2, 0.25) is 0 Å². The summed E-state index contributed by atoms with van der Waals surface area (Å²) in [7, 11) is 1.95. The summed E-state index contributed by atoms with van der Waals surface area (Å²) in [4.78, 5) is 14.5. The second-order valence-corrected chi connectivity index (χ2v) is 7.94. The number of anilines is 1. The Kier molecular flexibility index (Phi) is 5.72. The minimum atomic E-state index is -0.0860. The van der Waals surface area contributed by atoms with Gasteiger partial charge in [0.25, 0.3) is 17.7 Å². The molecule has 3 rings (SSSR count). The van der Waals surface area contributed by atoms with Gasteiger partial charge in [0.05, 0.1) is 11.9 Å². The number of quaternary nitrogens is 1. The van der Waals surface area contributed by atoms with E-state index in [1.165, 1.54) is 5.56 Å². The van der Waals surface area contributed by atoms with E-state index < -0.39 is 0 Å². The Hall–Kier alpha value is -2.51. The molecule has 2 N–H and O–H groups in total. The first-order chi connectivity index (χ1) is 12.8. The van der Waals surface area contributed by atoms with Crippen molar-refractivity contribution in [3.05, 3.63) is 52.2 Å². The Balaban J connectivity index is 1.64. The molecule has 142 valence electrons. The van der Waals surface area contributed by atoms with E-state index in [0.29, 0.717) is 18.3 Å². The van der Waals surface area contributed by atoms with Crippen molar-refractivity contribution >= 4 is 22.9 Å². The minimum Gasteiger partial charge on any atom is -0.414 e. The van der Waals surface area contributed by atoms with Gasteiger partial charge in [-0.15, -0.1) is 21.5 Å². The van der Waals surface area contributed by atoms with Crippen LogP contribution in [0.15, 0.2) is 34.1 Å². The van der Waals surface area contributed by atoms with E-state index in [9.17, 15) is 4.79 Å². The van der Waals surface area contributed by atoms with E-state index in [2.05, 4.69) is 34.6 Å². The van der Waals surface area contributed by atoms with Gasteiger partial charge in [0.1, 0.15) is 0 Å². The van der Waals surface area contributed by atoms with Gasteiger partial charge in [-0.1, -0.05) is 23.8 Å². The average Bonchev–Trinajstić information content (AvgIpc) is 3.28. The van der Waals surface area contributed by atoms with E-state index in [-0.39, 0.29) is 11.9 Å². The molecule has 2 aromatic heterocycles. The molecule has 2 atom stereocenters.